The summed E-state index contributed by atoms with van der Waals surface area (Å²) in [6.07, 6.45) is 18.6. The number of amides is 4. The van der Waals surface area contributed by atoms with Gasteiger partial charge in [-0.25, -0.2) is 9.80 Å². The number of para-hydroxylation sites is 1. The molecule has 1 aromatic carbocycles. The van der Waals surface area contributed by atoms with Crippen molar-refractivity contribution in [2.75, 3.05) is 4.90 Å². The molecule has 1 aromatic heterocycles. The highest BCUT2D eigenvalue weighted by molar-refractivity contribution is 6.23. The number of ether oxygens (including phenoxy) is 1. The summed E-state index contributed by atoms with van der Waals surface area (Å²) in [5, 5.41) is 7.32. The molecule has 9 heteroatoms. The van der Waals surface area contributed by atoms with E-state index < -0.39 is 0 Å². The summed E-state index contributed by atoms with van der Waals surface area (Å²) in [5.41, 5.74) is 1.24. The molecule has 2 aromatic rings. The summed E-state index contributed by atoms with van der Waals surface area (Å²) in [5.74, 6) is -1.51. The fourth-order valence-corrected chi connectivity index (χ4v) is 4.54. The van der Waals surface area contributed by atoms with Crippen LogP contribution in [-0.2, 0) is 23.9 Å². The molecule has 5 aliphatic rings. The molecule has 4 unspecified atom stereocenters. The van der Waals surface area contributed by atoms with Crippen LogP contribution in [0.2, 0.25) is 0 Å². The van der Waals surface area contributed by atoms with Crippen molar-refractivity contribution in [2.45, 2.75) is 19.1 Å². The maximum Gasteiger partial charge on any atom is 0.260 e. The van der Waals surface area contributed by atoms with E-state index in [0.29, 0.717) is 11.4 Å². The standard InChI is InChI=1S/C14H11NO3.C10H6NO2.C4H4O.C2H3N/c16-13-11-9-6-7-10(18-9)12(11)14(17)15(13)8-4-2-1-3-5-8;12-9-6-7-10(13)11(9)8-4-2-1-3-5-8;1-2-4-5-3-1;1-2-3/h1-7,9-12H;2-7H;1-4H;1H3/q;+1;;. The maximum atomic E-state index is 12.4. The van der Waals surface area contributed by atoms with Crippen LogP contribution in [0.25, 0.3) is 0 Å². The number of fused-ring (bicyclic) bond motifs is 5. The maximum absolute atomic E-state index is 12.4. The first-order valence-electron chi connectivity index (χ1n) is 12.0. The summed E-state index contributed by atoms with van der Waals surface area (Å²) < 4.78 is 10.2. The van der Waals surface area contributed by atoms with Crippen LogP contribution in [0, 0.1) is 29.2 Å². The van der Waals surface area contributed by atoms with E-state index in [2.05, 4.69) is 10.5 Å². The molecule has 2 saturated heterocycles. The second-order valence-corrected chi connectivity index (χ2v) is 8.47. The van der Waals surface area contributed by atoms with Crippen LogP contribution in [0.3, 0.4) is 0 Å². The summed E-state index contributed by atoms with van der Waals surface area (Å²) in [4.78, 5) is 49.6. The van der Waals surface area contributed by atoms with Crippen LogP contribution < -0.4 is 4.90 Å². The number of allylic oxidation sites excluding steroid dienone is 5. The SMILES string of the molecule is CC#N.O=C1C2C3C=CC(O3)C2C(=O)N1c1ccccc1.O=C1C=CC(=O)N1C1=CC=[C+]C=C1.c1ccoc1. The van der Waals surface area contributed by atoms with Gasteiger partial charge in [0.15, 0.2) is 5.70 Å². The van der Waals surface area contributed by atoms with Gasteiger partial charge in [0.1, 0.15) is 12.2 Å². The van der Waals surface area contributed by atoms with Gasteiger partial charge in [-0.2, -0.15) is 5.26 Å². The highest BCUT2D eigenvalue weighted by Gasteiger charge is 2.60. The Morgan fingerprint density at radius 2 is 1.38 bits per heavy atom. The molecule has 0 N–H and O–H groups in total. The quantitative estimate of drug-likeness (QED) is 0.335. The highest BCUT2D eigenvalue weighted by Crippen LogP contribution is 2.46. The van der Waals surface area contributed by atoms with Crippen LogP contribution in [0.1, 0.15) is 6.92 Å². The third-order valence-corrected chi connectivity index (χ3v) is 6.12. The van der Waals surface area contributed by atoms with E-state index in [1.807, 2.05) is 42.5 Å². The molecule has 4 amide bonds. The lowest BCUT2D eigenvalue weighted by Gasteiger charge is -2.17. The van der Waals surface area contributed by atoms with Crippen LogP contribution in [-0.4, -0.2) is 40.7 Å². The first-order chi connectivity index (χ1) is 19.0. The summed E-state index contributed by atoms with van der Waals surface area (Å²) in [6.45, 7) is 1.43. The second-order valence-electron chi connectivity index (χ2n) is 8.47. The van der Waals surface area contributed by atoms with Gasteiger partial charge < -0.3 is 9.15 Å². The van der Waals surface area contributed by atoms with E-state index in [0.717, 1.165) is 4.90 Å². The summed E-state index contributed by atoms with van der Waals surface area (Å²) >= 11 is 0. The Hall–Kier alpha value is -5.16. The highest BCUT2D eigenvalue weighted by atomic mass is 16.5. The van der Waals surface area contributed by atoms with E-state index in [9.17, 15) is 19.2 Å². The van der Waals surface area contributed by atoms with Gasteiger partial charge in [-0.3, -0.25) is 19.2 Å². The second kappa shape index (κ2) is 12.4. The molecule has 1 aliphatic carbocycles. The summed E-state index contributed by atoms with van der Waals surface area (Å²) in [7, 11) is 0. The average Bonchev–Trinajstić information content (AvgIpc) is 3.79. The van der Waals surface area contributed by atoms with Gasteiger partial charge in [0.05, 0.1) is 60.5 Å². The predicted octanol–water partition coefficient (Wildman–Crippen LogP) is 3.66. The van der Waals surface area contributed by atoms with Crippen molar-refractivity contribution >= 4 is 29.3 Å². The lowest BCUT2D eigenvalue weighted by atomic mass is 9.85. The molecule has 0 spiro atoms. The van der Waals surface area contributed by atoms with Crippen molar-refractivity contribution in [3.63, 3.8) is 0 Å². The molecule has 4 aliphatic heterocycles. The zero-order valence-electron chi connectivity index (χ0n) is 20.9. The molecule has 2 fully saturated rings. The van der Waals surface area contributed by atoms with Gasteiger partial charge in [0.25, 0.3) is 11.8 Å². The minimum Gasteiger partial charge on any atom is -0.473 e. The number of benzene rings is 1. The number of hydrogen-bond donors (Lipinski definition) is 0. The number of nitrogens with zero attached hydrogens (tertiary/aromatic N) is 3. The fraction of sp³-hybridized carbons (Fsp3) is 0.167. The monoisotopic (exact) mass is 522 g/mol. The van der Waals surface area contributed by atoms with Crippen molar-refractivity contribution in [1.29, 1.82) is 5.26 Å². The van der Waals surface area contributed by atoms with Crippen LogP contribution in [0.5, 0.6) is 0 Å². The Kier molecular flexibility index (Phi) is 8.54. The molecule has 39 heavy (non-hydrogen) atoms. The molecule has 2 bridgehead atoms. The van der Waals surface area contributed by atoms with Crippen LogP contribution in [0.15, 0.2) is 114 Å². The third kappa shape index (κ3) is 5.73. The van der Waals surface area contributed by atoms with E-state index in [1.165, 1.54) is 24.0 Å². The molecule has 4 atom stereocenters. The number of nitriles is 1. The van der Waals surface area contributed by atoms with Crippen molar-refractivity contribution < 1.29 is 28.3 Å². The number of carbonyl (C=O) groups is 4. The average molecular weight is 523 g/mol. The Labute approximate surface area is 225 Å². The minimum absolute atomic E-state index is 0.131. The first kappa shape index (κ1) is 26.9. The molecular weight excluding hydrogens is 498 g/mol. The molecule has 0 radical (unpaired) electrons. The lowest BCUT2D eigenvalue weighted by Crippen LogP contribution is -2.34. The number of furan rings is 1. The minimum atomic E-state index is -0.326. The smallest absolute Gasteiger partial charge is 0.260 e. The topological polar surface area (TPSA) is 121 Å². The molecule has 194 valence electrons. The Morgan fingerprint density at radius 3 is 1.85 bits per heavy atom. The molecular formula is C30H24N3O6+. The molecule has 0 saturated carbocycles. The number of anilines is 1. The Morgan fingerprint density at radius 1 is 0.821 bits per heavy atom. The number of imide groups is 2. The number of hydrogen-bond acceptors (Lipinski definition) is 7. The van der Waals surface area contributed by atoms with E-state index in [-0.39, 0.29) is 47.7 Å². The zero-order chi connectivity index (χ0) is 27.8. The van der Waals surface area contributed by atoms with Crippen molar-refractivity contribution in [3.8, 4) is 6.07 Å². The summed E-state index contributed by atoms with van der Waals surface area (Å²) in [6, 6.07) is 14.5. The van der Waals surface area contributed by atoms with Gasteiger partial charge in [-0.15, -0.1) is 0 Å². The van der Waals surface area contributed by atoms with Gasteiger partial charge in [-0.1, -0.05) is 30.4 Å². The van der Waals surface area contributed by atoms with E-state index in [4.69, 9.17) is 10.00 Å². The molecule has 5 heterocycles. The lowest BCUT2D eigenvalue weighted by molar-refractivity contribution is -0.134. The van der Waals surface area contributed by atoms with Crippen molar-refractivity contribution in [1.82, 2.24) is 4.90 Å². The fourth-order valence-electron chi connectivity index (χ4n) is 4.54. The predicted molar refractivity (Wildman–Crippen MR) is 140 cm³/mol. The third-order valence-electron chi connectivity index (χ3n) is 6.12. The first-order valence-corrected chi connectivity index (χ1v) is 12.0. The molecule has 9 nitrogen and oxygen atoms in total. The van der Waals surface area contributed by atoms with Crippen molar-refractivity contribution in [2.24, 2.45) is 11.8 Å². The van der Waals surface area contributed by atoms with Crippen LogP contribution >= 0.6 is 0 Å². The Bertz CT molecular complexity index is 1350. The normalized spacial score (nSPS) is 24.6. The van der Waals surface area contributed by atoms with Gasteiger partial charge >= 0.3 is 0 Å². The zero-order valence-corrected chi connectivity index (χ0v) is 20.9. The Balaban J connectivity index is 0.000000146. The van der Waals surface area contributed by atoms with Crippen molar-refractivity contribution in [3.05, 3.63) is 115 Å². The van der Waals surface area contributed by atoms with Gasteiger partial charge in [-0.05, 0) is 24.3 Å². The van der Waals surface area contributed by atoms with E-state index >= 15 is 0 Å². The van der Waals surface area contributed by atoms with Gasteiger partial charge in [0.2, 0.25) is 11.8 Å². The van der Waals surface area contributed by atoms with E-state index in [1.54, 1.807) is 55.0 Å². The van der Waals surface area contributed by atoms with Crippen LogP contribution in [0.4, 0.5) is 5.69 Å². The number of rotatable bonds is 2. The molecule has 7 rings (SSSR count). The largest absolute Gasteiger partial charge is 0.473 e. The van der Waals surface area contributed by atoms with Gasteiger partial charge in [0, 0.05) is 25.2 Å². The number of carbonyl (C=O) groups excluding carboxylic acids is 4.